The molecule has 1 N–H and O–H groups in total. The topological polar surface area (TPSA) is 42.0 Å². The quantitative estimate of drug-likeness (QED) is 0.867. The van der Waals surface area contributed by atoms with Crippen molar-refractivity contribution in [2.45, 2.75) is 0 Å². The number of thiazole rings is 1. The van der Waals surface area contributed by atoms with Crippen LogP contribution in [-0.4, -0.2) is 10.9 Å². The van der Waals surface area contributed by atoms with Crippen molar-refractivity contribution in [2.75, 3.05) is 5.32 Å². The molecule has 0 aliphatic heterocycles. The zero-order chi connectivity index (χ0) is 13.0. The zero-order valence-electron chi connectivity index (χ0n) is 9.06. The molecule has 92 valence electrons. The Morgan fingerprint density at radius 2 is 2.06 bits per heavy atom. The van der Waals surface area contributed by atoms with Crippen molar-refractivity contribution in [1.29, 1.82) is 0 Å². The molecule has 0 saturated heterocycles. The van der Waals surface area contributed by atoms with E-state index in [2.05, 4.69) is 10.3 Å². The van der Waals surface area contributed by atoms with Crippen LogP contribution in [-0.2, 0) is 4.79 Å². The fourth-order valence-electron chi connectivity index (χ4n) is 1.26. The van der Waals surface area contributed by atoms with Crippen molar-refractivity contribution in [1.82, 2.24) is 4.98 Å². The number of hydrogen-bond acceptors (Lipinski definition) is 3. The Balaban J connectivity index is 2.09. The number of carbonyl (C=O) groups is 1. The van der Waals surface area contributed by atoms with Crippen molar-refractivity contribution in [2.24, 2.45) is 0 Å². The van der Waals surface area contributed by atoms with Crippen LogP contribution in [0.2, 0.25) is 10.0 Å². The van der Waals surface area contributed by atoms with Gasteiger partial charge in [0.25, 0.3) is 0 Å². The summed E-state index contributed by atoms with van der Waals surface area (Å²) in [6.07, 6.45) is 4.57. The van der Waals surface area contributed by atoms with Gasteiger partial charge in [0.1, 0.15) is 0 Å². The average Bonchev–Trinajstić information content (AvgIpc) is 2.81. The summed E-state index contributed by atoms with van der Waals surface area (Å²) < 4.78 is 0. The molecular formula is C12H8Cl2N2OS. The summed E-state index contributed by atoms with van der Waals surface area (Å²) >= 11 is 13.3. The van der Waals surface area contributed by atoms with Crippen LogP contribution in [0.5, 0.6) is 0 Å². The summed E-state index contributed by atoms with van der Waals surface area (Å²) in [6.45, 7) is 0. The lowest BCUT2D eigenvalue weighted by Gasteiger charge is -2.00. The van der Waals surface area contributed by atoms with E-state index in [9.17, 15) is 4.79 Å². The minimum atomic E-state index is -0.277. The Bertz CT molecular complexity index is 562. The van der Waals surface area contributed by atoms with Crippen molar-refractivity contribution in [3.05, 3.63) is 51.5 Å². The molecule has 3 nitrogen and oxygen atoms in total. The van der Waals surface area contributed by atoms with Crippen LogP contribution < -0.4 is 5.32 Å². The number of benzene rings is 1. The van der Waals surface area contributed by atoms with Gasteiger partial charge in [0.15, 0.2) is 5.13 Å². The molecule has 0 spiro atoms. The lowest BCUT2D eigenvalue weighted by Crippen LogP contribution is -2.07. The van der Waals surface area contributed by atoms with Gasteiger partial charge < -0.3 is 0 Å². The predicted molar refractivity (Wildman–Crippen MR) is 76.2 cm³/mol. The van der Waals surface area contributed by atoms with Crippen LogP contribution in [0.1, 0.15) is 5.56 Å². The number of rotatable bonds is 3. The van der Waals surface area contributed by atoms with Crippen LogP contribution in [0.15, 0.2) is 35.9 Å². The molecule has 0 saturated carbocycles. The van der Waals surface area contributed by atoms with Crippen molar-refractivity contribution >= 4 is 51.7 Å². The molecule has 0 atom stereocenters. The second-order valence-electron chi connectivity index (χ2n) is 3.30. The first-order chi connectivity index (χ1) is 8.66. The Morgan fingerprint density at radius 3 is 2.67 bits per heavy atom. The van der Waals surface area contributed by atoms with Crippen LogP contribution in [0, 0.1) is 0 Å². The van der Waals surface area contributed by atoms with E-state index in [0.29, 0.717) is 20.7 Å². The van der Waals surface area contributed by atoms with E-state index in [-0.39, 0.29) is 5.91 Å². The number of nitrogens with one attached hydrogen (secondary N) is 1. The summed E-state index contributed by atoms with van der Waals surface area (Å²) in [6, 6.07) is 5.18. The van der Waals surface area contributed by atoms with Gasteiger partial charge in [-0.3, -0.25) is 10.1 Å². The number of aromatic nitrogens is 1. The highest BCUT2D eigenvalue weighted by atomic mass is 35.5. The first-order valence-electron chi connectivity index (χ1n) is 4.99. The molecule has 0 aliphatic rings. The zero-order valence-corrected chi connectivity index (χ0v) is 11.4. The summed E-state index contributed by atoms with van der Waals surface area (Å²) in [5, 5.41) is 5.96. The van der Waals surface area contributed by atoms with Crippen LogP contribution in [0.3, 0.4) is 0 Å². The summed E-state index contributed by atoms with van der Waals surface area (Å²) in [5.41, 5.74) is 0.620. The lowest BCUT2D eigenvalue weighted by atomic mass is 10.2. The van der Waals surface area contributed by atoms with Gasteiger partial charge in [-0.1, -0.05) is 29.3 Å². The molecule has 6 heteroatoms. The van der Waals surface area contributed by atoms with Gasteiger partial charge in [-0.25, -0.2) is 4.98 Å². The van der Waals surface area contributed by atoms with Crippen molar-refractivity contribution in [3.63, 3.8) is 0 Å². The fraction of sp³-hybridized carbons (Fsp3) is 0. The third-order valence-corrected chi connectivity index (χ3v) is 3.41. The second kappa shape index (κ2) is 6.00. The molecule has 0 aliphatic carbocycles. The SMILES string of the molecule is O=C(/C=C/c1c(Cl)cccc1Cl)Nc1nccs1. The van der Waals surface area contributed by atoms with Gasteiger partial charge in [0, 0.05) is 33.3 Å². The Kier molecular flexibility index (Phi) is 4.36. The molecule has 1 amide bonds. The Labute approximate surface area is 118 Å². The molecule has 0 unspecified atom stereocenters. The van der Waals surface area contributed by atoms with Gasteiger partial charge >= 0.3 is 0 Å². The standard InChI is InChI=1S/C12H8Cl2N2OS/c13-9-2-1-3-10(14)8(9)4-5-11(17)16-12-15-6-7-18-12/h1-7H,(H,15,16,17)/b5-4+. The molecule has 0 bridgehead atoms. The molecule has 0 fully saturated rings. The van der Waals surface area contributed by atoms with Crippen LogP contribution >= 0.6 is 34.5 Å². The van der Waals surface area contributed by atoms with E-state index in [0.717, 1.165) is 0 Å². The van der Waals surface area contributed by atoms with Gasteiger partial charge in [-0.05, 0) is 18.2 Å². The first-order valence-corrected chi connectivity index (χ1v) is 6.63. The molecular weight excluding hydrogens is 291 g/mol. The molecule has 18 heavy (non-hydrogen) atoms. The van der Waals surface area contributed by atoms with Crippen LogP contribution in [0.4, 0.5) is 5.13 Å². The number of nitrogens with zero attached hydrogens (tertiary/aromatic N) is 1. The van der Waals surface area contributed by atoms with Gasteiger partial charge in [0.05, 0.1) is 0 Å². The molecule has 1 aromatic heterocycles. The predicted octanol–water partition coefficient (Wildman–Crippen LogP) is 4.10. The van der Waals surface area contributed by atoms with E-state index in [1.165, 1.54) is 17.4 Å². The summed E-state index contributed by atoms with van der Waals surface area (Å²) in [7, 11) is 0. The molecule has 2 rings (SSSR count). The molecule has 2 aromatic rings. The van der Waals surface area contributed by atoms with E-state index in [4.69, 9.17) is 23.2 Å². The highest BCUT2D eigenvalue weighted by Crippen LogP contribution is 2.25. The Hall–Kier alpha value is -1.36. The number of anilines is 1. The smallest absolute Gasteiger partial charge is 0.250 e. The summed E-state index contributed by atoms with van der Waals surface area (Å²) in [4.78, 5) is 15.5. The van der Waals surface area contributed by atoms with Crippen molar-refractivity contribution < 1.29 is 4.79 Å². The maximum absolute atomic E-state index is 11.6. The van der Waals surface area contributed by atoms with E-state index in [1.54, 1.807) is 35.9 Å². The highest BCUT2D eigenvalue weighted by Gasteiger charge is 2.03. The van der Waals surface area contributed by atoms with E-state index < -0.39 is 0 Å². The minimum absolute atomic E-state index is 0.277. The Morgan fingerprint density at radius 1 is 1.33 bits per heavy atom. The highest BCUT2D eigenvalue weighted by molar-refractivity contribution is 7.13. The lowest BCUT2D eigenvalue weighted by molar-refractivity contribution is -0.111. The van der Waals surface area contributed by atoms with Crippen LogP contribution in [0.25, 0.3) is 6.08 Å². The minimum Gasteiger partial charge on any atom is -0.298 e. The van der Waals surface area contributed by atoms with Gasteiger partial charge in [-0.15, -0.1) is 11.3 Å². The second-order valence-corrected chi connectivity index (χ2v) is 5.00. The van der Waals surface area contributed by atoms with Gasteiger partial charge in [0.2, 0.25) is 5.91 Å². The normalized spacial score (nSPS) is 10.8. The number of hydrogen-bond donors (Lipinski definition) is 1. The van der Waals surface area contributed by atoms with Gasteiger partial charge in [-0.2, -0.15) is 0 Å². The monoisotopic (exact) mass is 298 g/mol. The average molecular weight is 299 g/mol. The maximum atomic E-state index is 11.6. The third-order valence-electron chi connectivity index (χ3n) is 2.06. The van der Waals surface area contributed by atoms with E-state index >= 15 is 0 Å². The fourth-order valence-corrected chi connectivity index (χ4v) is 2.32. The number of amides is 1. The van der Waals surface area contributed by atoms with Crippen molar-refractivity contribution in [3.8, 4) is 0 Å². The van der Waals surface area contributed by atoms with E-state index in [1.807, 2.05) is 0 Å². The largest absolute Gasteiger partial charge is 0.298 e. The molecule has 1 aromatic carbocycles. The number of halogens is 2. The molecule has 1 heterocycles. The third kappa shape index (κ3) is 3.32. The first kappa shape index (κ1) is 13.1. The maximum Gasteiger partial charge on any atom is 0.250 e. The summed E-state index contributed by atoms with van der Waals surface area (Å²) in [5.74, 6) is -0.277. The number of carbonyl (C=O) groups excluding carboxylic acids is 1. The molecule has 0 radical (unpaired) electrons.